The first-order chi connectivity index (χ1) is 8.14. The molecule has 0 saturated carbocycles. The minimum Gasteiger partial charge on any atom is -0.294 e. The smallest absolute Gasteiger partial charge is 0.164 e. The van der Waals surface area contributed by atoms with Crippen molar-refractivity contribution in [1.29, 1.82) is 0 Å². The van der Waals surface area contributed by atoms with E-state index < -0.39 is 0 Å². The number of fused-ring (bicyclic) bond motifs is 1. The van der Waals surface area contributed by atoms with E-state index in [0.717, 1.165) is 36.8 Å². The molecule has 0 radical (unpaired) electrons. The minimum atomic E-state index is -0.385. The standard InChI is InChI=1S/C15H17ClO/c1-2-3-9-15(16)10-8-12-6-4-5-7-13(12)14(17)11-15/h2,4-7H,1,3,8-11H2. The molecule has 1 atom stereocenters. The summed E-state index contributed by atoms with van der Waals surface area (Å²) in [5.74, 6) is 0.178. The maximum absolute atomic E-state index is 12.2. The molecule has 1 aliphatic rings. The maximum atomic E-state index is 12.2. The van der Waals surface area contributed by atoms with Gasteiger partial charge in [0.1, 0.15) is 0 Å². The van der Waals surface area contributed by atoms with Crippen LogP contribution in [0, 0.1) is 0 Å². The lowest BCUT2D eigenvalue weighted by atomic mass is 9.93. The number of carbonyl (C=O) groups excluding carboxylic acids is 1. The van der Waals surface area contributed by atoms with Crippen molar-refractivity contribution >= 4 is 17.4 Å². The van der Waals surface area contributed by atoms with Crippen LogP contribution in [0.1, 0.15) is 41.6 Å². The summed E-state index contributed by atoms with van der Waals surface area (Å²) < 4.78 is 0. The summed E-state index contributed by atoms with van der Waals surface area (Å²) in [7, 11) is 0. The molecule has 1 nitrogen and oxygen atoms in total. The summed E-state index contributed by atoms with van der Waals surface area (Å²) in [6.45, 7) is 3.71. The van der Waals surface area contributed by atoms with Crippen molar-refractivity contribution in [3.8, 4) is 0 Å². The molecule has 17 heavy (non-hydrogen) atoms. The predicted molar refractivity (Wildman–Crippen MR) is 71.7 cm³/mol. The lowest BCUT2D eigenvalue weighted by Crippen LogP contribution is -2.24. The fourth-order valence-corrected chi connectivity index (χ4v) is 2.74. The first kappa shape index (κ1) is 12.4. The van der Waals surface area contributed by atoms with Crippen molar-refractivity contribution < 1.29 is 4.79 Å². The van der Waals surface area contributed by atoms with Gasteiger partial charge in [0, 0.05) is 12.0 Å². The molecule has 0 aliphatic heterocycles. The van der Waals surface area contributed by atoms with Crippen LogP contribution in [-0.4, -0.2) is 10.7 Å². The second kappa shape index (κ2) is 5.05. The maximum Gasteiger partial charge on any atom is 0.164 e. The Kier molecular flexibility index (Phi) is 3.68. The molecule has 0 aromatic heterocycles. The number of carbonyl (C=O) groups is 1. The zero-order chi connectivity index (χ0) is 12.3. The number of halogens is 1. The Hall–Kier alpha value is -1.08. The predicted octanol–water partition coefficient (Wildman–Crippen LogP) is 4.15. The Labute approximate surface area is 107 Å². The number of hydrogen-bond donors (Lipinski definition) is 0. The normalized spacial score (nSPS) is 23.9. The average molecular weight is 249 g/mol. The van der Waals surface area contributed by atoms with Crippen molar-refractivity contribution in [2.75, 3.05) is 0 Å². The molecule has 1 aliphatic carbocycles. The number of Topliss-reactive ketones (excluding diaryl/α,β-unsaturated/α-hetero) is 1. The van der Waals surface area contributed by atoms with Gasteiger partial charge >= 0.3 is 0 Å². The molecular weight excluding hydrogens is 232 g/mol. The van der Waals surface area contributed by atoms with E-state index in [1.54, 1.807) is 0 Å². The highest BCUT2D eigenvalue weighted by atomic mass is 35.5. The number of alkyl halides is 1. The number of ketones is 1. The van der Waals surface area contributed by atoms with Gasteiger partial charge in [-0.05, 0) is 31.2 Å². The molecule has 1 unspecified atom stereocenters. The monoisotopic (exact) mass is 248 g/mol. The Morgan fingerprint density at radius 1 is 1.41 bits per heavy atom. The van der Waals surface area contributed by atoms with Crippen LogP contribution in [0.5, 0.6) is 0 Å². The van der Waals surface area contributed by atoms with Crippen LogP contribution in [0.15, 0.2) is 36.9 Å². The molecule has 1 aromatic carbocycles. The van der Waals surface area contributed by atoms with E-state index in [9.17, 15) is 4.79 Å². The summed E-state index contributed by atoms with van der Waals surface area (Å²) >= 11 is 6.57. The molecule has 1 aromatic rings. The van der Waals surface area contributed by atoms with Crippen LogP contribution in [0.3, 0.4) is 0 Å². The van der Waals surface area contributed by atoms with Crippen molar-refractivity contribution in [2.45, 2.75) is 37.0 Å². The molecule has 0 saturated heterocycles. The quantitative estimate of drug-likeness (QED) is 0.446. The molecule has 0 fully saturated rings. The summed E-state index contributed by atoms with van der Waals surface area (Å²) in [5.41, 5.74) is 1.99. The molecule has 0 amide bonds. The second-order valence-corrected chi connectivity index (χ2v) is 5.54. The van der Waals surface area contributed by atoms with Gasteiger partial charge in [-0.1, -0.05) is 30.3 Å². The van der Waals surface area contributed by atoms with Gasteiger partial charge in [0.25, 0.3) is 0 Å². The Morgan fingerprint density at radius 3 is 2.94 bits per heavy atom. The largest absolute Gasteiger partial charge is 0.294 e. The van der Waals surface area contributed by atoms with Gasteiger partial charge in [0.15, 0.2) is 5.78 Å². The molecule has 2 heteroatoms. The Bertz CT molecular complexity index is 438. The SMILES string of the molecule is C=CCCC1(Cl)CCc2ccccc2C(=O)C1. The van der Waals surface area contributed by atoms with Crippen molar-refractivity contribution in [2.24, 2.45) is 0 Å². The third-order valence-corrected chi connectivity index (χ3v) is 3.95. The van der Waals surface area contributed by atoms with E-state index in [-0.39, 0.29) is 10.7 Å². The zero-order valence-corrected chi connectivity index (χ0v) is 10.7. The van der Waals surface area contributed by atoms with Crippen molar-refractivity contribution in [3.63, 3.8) is 0 Å². The van der Waals surface area contributed by atoms with E-state index in [4.69, 9.17) is 11.6 Å². The van der Waals surface area contributed by atoms with E-state index in [1.807, 2.05) is 30.3 Å². The topological polar surface area (TPSA) is 17.1 Å². The fraction of sp³-hybridized carbons (Fsp3) is 0.400. The summed E-state index contributed by atoms with van der Waals surface area (Å²) in [5, 5.41) is 0. The summed E-state index contributed by atoms with van der Waals surface area (Å²) in [6.07, 6.45) is 5.77. The highest BCUT2D eigenvalue weighted by Crippen LogP contribution is 2.36. The summed E-state index contributed by atoms with van der Waals surface area (Å²) in [6, 6.07) is 7.84. The number of hydrogen-bond acceptors (Lipinski definition) is 1. The first-order valence-electron chi connectivity index (χ1n) is 6.05. The average Bonchev–Trinajstić information content (AvgIpc) is 2.46. The van der Waals surface area contributed by atoms with E-state index in [0.29, 0.717) is 6.42 Å². The molecular formula is C15H17ClO. The van der Waals surface area contributed by atoms with Gasteiger partial charge in [-0.2, -0.15) is 0 Å². The first-order valence-corrected chi connectivity index (χ1v) is 6.43. The van der Waals surface area contributed by atoms with Gasteiger partial charge in [-0.3, -0.25) is 4.79 Å². The lowest BCUT2D eigenvalue weighted by molar-refractivity contribution is 0.0968. The third kappa shape index (κ3) is 2.78. The molecule has 90 valence electrons. The van der Waals surface area contributed by atoms with Crippen LogP contribution in [0.25, 0.3) is 0 Å². The van der Waals surface area contributed by atoms with Crippen LogP contribution in [0.2, 0.25) is 0 Å². The van der Waals surface area contributed by atoms with Crippen molar-refractivity contribution in [1.82, 2.24) is 0 Å². The zero-order valence-electron chi connectivity index (χ0n) is 9.92. The number of allylic oxidation sites excluding steroid dienone is 1. The Morgan fingerprint density at radius 2 is 2.18 bits per heavy atom. The molecule has 0 spiro atoms. The minimum absolute atomic E-state index is 0.178. The molecule has 0 heterocycles. The van der Waals surface area contributed by atoms with E-state index >= 15 is 0 Å². The van der Waals surface area contributed by atoms with Crippen LogP contribution in [-0.2, 0) is 6.42 Å². The molecule has 0 N–H and O–H groups in total. The highest BCUT2D eigenvalue weighted by molar-refractivity contribution is 6.26. The fourth-order valence-electron chi connectivity index (χ4n) is 2.41. The lowest BCUT2D eigenvalue weighted by Gasteiger charge is -2.23. The molecule has 0 bridgehead atoms. The van der Waals surface area contributed by atoms with Gasteiger partial charge in [0.05, 0.1) is 4.87 Å². The van der Waals surface area contributed by atoms with Crippen LogP contribution in [0.4, 0.5) is 0 Å². The second-order valence-electron chi connectivity index (χ2n) is 4.74. The van der Waals surface area contributed by atoms with Gasteiger partial charge in [-0.15, -0.1) is 18.2 Å². The van der Waals surface area contributed by atoms with E-state index in [1.165, 1.54) is 0 Å². The highest BCUT2D eigenvalue weighted by Gasteiger charge is 2.33. The van der Waals surface area contributed by atoms with Gasteiger partial charge in [0.2, 0.25) is 0 Å². The Balaban J connectivity index is 2.22. The third-order valence-electron chi connectivity index (χ3n) is 3.43. The number of benzene rings is 1. The van der Waals surface area contributed by atoms with Crippen LogP contribution < -0.4 is 0 Å². The van der Waals surface area contributed by atoms with Crippen molar-refractivity contribution in [3.05, 3.63) is 48.0 Å². The number of aryl methyl sites for hydroxylation is 1. The van der Waals surface area contributed by atoms with Crippen LogP contribution >= 0.6 is 11.6 Å². The number of rotatable bonds is 3. The van der Waals surface area contributed by atoms with Gasteiger partial charge in [-0.25, -0.2) is 0 Å². The van der Waals surface area contributed by atoms with Gasteiger partial charge < -0.3 is 0 Å². The summed E-state index contributed by atoms with van der Waals surface area (Å²) in [4.78, 5) is 11.8. The van der Waals surface area contributed by atoms with E-state index in [2.05, 4.69) is 6.58 Å². The molecule has 2 rings (SSSR count).